The maximum atomic E-state index is 5.26. The SMILES string of the molecule is CC(C)(C)SCCOCCN. The van der Waals surface area contributed by atoms with E-state index in [4.69, 9.17) is 10.5 Å². The molecule has 0 atom stereocenters. The molecule has 0 saturated carbocycles. The molecule has 0 amide bonds. The summed E-state index contributed by atoms with van der Waals surface area (Å²) >= 11 is 1.92. The number of hydrogen-bond acceptors (Lipinski definition) is 3. The highest BCUT2D eigenvalue weighted by Gasteiger charge is 2.08. The Labute approximate surface area is 73.9 Å². The molecule has 0 aliphatic carbocycles. The first kappa shape index (κ1) is 11.3. The second kappa shape index (κ2) is 5.86. The Bertz CT molecular complexity index is 90.6. The Balaban J connectivity index is 3.02. The van der Waals surface area contributed by atoms with Crippen LogP contribution in [0.15, 0.2) is 0 Å². The van der Waals surface area contributed by atoms with Crippen molar-refractivity contribution in [2.75, 3.05) is 25.5 Å². The molecule has 0 aliphatic heterocycles. The lowest BCUT2D eigenvalue weighted by Crippen LogP contribution is -2.13. The van der Waals surface area contributed by atoms with Gasteiger partial charge >= 0.3 is 0 Å². The van der Waals surface area contributed by atoms with Crippen LogP contribution in [0.1, 0.15) is 20.8 Å². The molecule has 68 valence electrons. The number of ether oxygens (including phenoxy) is 1. The van der Waals surface area contributed by atoms with E-state index in [1.165, 1.54) is 0 Å². The van der Waals surface area contributed by atoms with E-state index in [0.717, 1.165) is 12.4 Å². The van der Waals surface area contributed by atoms with Crippen molar-refractivity contribution in [3.05, 3.63) is 0 Å². The van der Waals surface area contributed by atoms with Crippen molar-refractivity contribution >= 4 is 11.8 Å². The van der Waals surface area contributed by atoms with Crippen molar-refractivity contribution in [1.29, 1.82) is 0 Å². The van der Waals surface area contributed by atoms with Gasteiger partial charge in [0.05, 0.1) is 13.2 Å². The van der Waals surface area contributed by atoms with E-state index >= 15 is 0 Å². The van der Waals surface area contributed by atoms with Gasteiger partial charge in [-0.3, -0.25) is 0 Å². The van der Waals surface area contributed by atoms with E-state index in [9.17, 15) is 0 Å². The second-order valence-electron chi connectivity index (χ2n) is 3.36. The highest BCUT2D eigenvalue weighted by Crippen LogP contribution is 2.22. The van der Waals surface area contributed by atoms with Gasteiger partial charge in [-0.2, -0.15) is 11.8 Å². The van der Waals surface area contributed by atoms with Crippen LogP contribution in [-0.2, 0) is 4.74 Å². The predicted molar refractivity (Wildman–Crippen MR) is 52.1 cm³/mol. The van der Waals surface area contributed by atoms with Crippen LogP contribution in [0, 0.1) is 0 Å². The summed E-state index contributed by atoms with van der Waals surface area (Å²) in [5, 5.41) is 0. The molecule has 0 aliphatic rings. The van der Waals surface area contributed by atoms with Crippen molar-refractivity contribution < 1.29 is 4.74 Å². The van der Waals surface area contributed by atoms with Crippen LogP contribution < -0.4 is 5.73 Å². The van der Waals surface area contributed by atoms with Crippen molar-refractivity contribution in [2.24, 2.45) is 5.73 Å². The topological polar surface area (TPSA) is 35.2 Å². The van der Waals surface area contributed by atoms with Crippen LogP contribution in [0.4, 0.5) is 0 Å². The van der Waals surface area contributed by atoms with Gasteiger partial charge in [0.15, 0.2) is 0 Å². The van der Waals surface area contributed by atoms with Crippen molar-refractivity contribution in [2.45, 2.75) is 25.5 Å². The summed E-state index contributed by atoms with van der Waals surface area (Å²) in [6.45, 7) is 8.76. The van der Waals surface area contributed by atoms with E-state index < -0.39 is 0 Å². The van der Waals surface area contributed by atoms with Crippen LogP contribution in [0.3, 0.4) is 0 Å². The van der Waals surface area contributed by atoms with Crippen LogP contribution in [0.2, 0.25) is 0 Å². The minimum absolute atomic E-state index is 0.353. The second-order valence-corrected chi connectivity index (χ2v) is 5.28. The molecule has 0 rings (SSSR count). The first-order chi connectivity index (χ1) is 5.06. The van der Waals surface area contributed by atoms with E-state index in [0.29, 0.717) is 17.9 Å². The third kappa shape index (κ3) is 10.3. The molecule has 0 unspecified atom stereocenters. The van der Waals surface area contributed by atoms with Crippen molar-refractivity contribution in [3.63, 3.8) is 0 Å². The van der Waals surface area contributed by atoms with Gasteiger partial charge in [0.25, 0.3) is 0 Å². The predicted octanol–water partition coefficient (Wildman–Crippen LogP) is 1.49. The minimum atomic E-state index is 0.353. The number of hydrogen-bond donors (Lipinski definition) is 1. The molecule has 0 radical (unpaired) electrons. The smallest absolute Gasteiger partial charge is 0.0589 e. The van der Waals surface area contributed by atoms with Crippen molar-refractivity contribution in [1.82, 2.24) is 0 Å². The molecule has 2 nitrogen and oxygen atoms in total. The largest absolute Gasteiger partial charge is 0.379 e. The normalized spacial score (nSPS) is 12.0. The zero-order valence-corrected chi connectivity index (χ0v) is 8.54. The maximum absolute atomic E-state index is 5.26. The number of nitrogens with two attached hydrogens (primary N) is 1. The average molecular weight is 177 g/mol. The van der Waals surface area contributed by atoms with Crippen LogP contribution in [0.5, 0.6) is 0 Å². The molecule has 0 aromatic carbocycles. The molecule has 0 heterocycles. The fraction of sp³-hybridized carbons (Fsp3) is 1.00. The quantitative estimate of drug-likeness (QED) is 0.646. The summed E-state index contributed by atoms with van der Waals surface area (Å²) in [5.74, 6) is 1.06. The Morgan fingerprint density at radius 1 is 1.27 bits per heavy atom. The standard InChI is InChI=1S/C8H19NOS/c1-8(2,3)11-7-6-10-5-4-9/h4-7,9H2,1-3H3. The zero-order valence-electron chi connectivity index (χ0n) is 7.72. The number of rotatable bonds is 5. The molecular weight excluding hydrogens is 158 g/mol. The Morgan fingerprint density at radius 3 is 2.36 bits per heavy atom. The van der Waals surface area contributed by atoms with Gasteiger partial charge in [-0.05, 0) is 0 Å². The third-order valence-electron chi connectivity index (χ3n) is 1.02. The van der Waals surface area contributed by atoms with Gasteiger partial charge in [-0.1, -0.05) is 20.8 Å². The molecule has 2 N–H and O–H groups in total. The lowest BCUT2D eigenvalue weighted by Gasteiger charge is -2.16. The van der Waals surface area contributed by atoms with Crippen LogP contribution in [-0.4, -0.2) is 30.3 Å². The fourth-order valence-corrected chi connectivity index (χ4v) is 1.41. The molecule has 0 fully saturated rings. The Hall–Kier alpha value is 0.270. The lowest BCUT2D eigenvalue weighted by atomic mass is 10.3. The van der Waals surface area contributed by atoms with E-state index in [2.05, 4.69) is 20.8 Å². The summed E-state index contributed by atoms with van der Waals surface area (Å²) in [4.78, 5) is 0. The Kier molecular flexibility index (Phi) is 6.01. The Morgan fingerprint density at radius 2 is 1.91 bits per heavy atom. The first-order valence-electron chi connectivity index (χ1n) is 3.98. The van der Waals surface area contributed by atoms with Crippen molar-refractivity contribution in [3.8, 4) is 0 Å². The maximum Gasteiger partial charge on any atom is 0.0589 e. The zero-order chi connectivity index (χ0) is 8.74. The molecule has 0 aromatic rings. The molecule has 0 saturated heterocycles. The highest BCUT2D eigenvalue weighted by atomic mass is 32.2. The average Bonchev–Trinajstić information content (AvgIpc) is 1.85. The van der Waals surface area contributed by atoms with Gasteiger partial charge in [-0.25, -0.2) is 0 Å². The van der Waals surface area contributed by atoms with Gasteiger partial charge in [0.1, 0.15) is 0 Å². The lowest BCUT2D eigenvalue weighted by molar-refractivity contribution is 0.158. The molecule has 0 bridgehead atoms. The fourth-order valence-electron chi connectivity index (χ4n) is 0.592. The highest BCUT2D eigenvalue weighted by molar-refractivity contribution is 8.00. The molecular formula is C8H19NOS. The summed E-state index contributed by atoms with van der Waals surface area (Å²) in [6.07, 6.45) is 0. The first-order valence-corrected chi connectivity index (χ1v) is 4.96. The number of thioether (sulfide) groups is 1. The third-order valence-corrected chi connectivity index (χ3v) is 2.26. The molecule has 11 heavy (non-hydrogen) atoms. The van der Waals surface area contributed by atoms with Gasteiger partial charge in [-0.15, -0.1) is 0 Å². The van der Waals surface area contributed by atoms with Gasteiger partial charge in [0.2, 0.25) is 0 Å². The monoisotopic (exact) mass is 177 g/mol. The minimum Gasteiger partial charge on any atom is -0.379 e. The van der Waals surface area contributed by atoms with E-state index in [1.807, 2.05) is 11.8 Å². The molecule has 0 spiro atoms. The summed E-state index contributed by atoms with van der Waals surface area (Å²) in [6, 6.07) is 0. The molecule has 0 aromatic heterocycles. The van der Waals surface area contributed by atoms with E-state index in [-0.39, 0.29) is 0 Å². The van der Waals surface area contributed by atoms with Gasteiger partial charge < -0.3 is 10.5 Å². The van der Waals surface area contributed by atoms with Crippen LogP contribution in [0.25, 0.3) is 0 Å². The summed E-state index contributed by atoms with van der Waals surface area (Å²) in [7, 11) is 0. The summed E-state index contributed by atoms with van der Waals surface area (Å²) in [5.41, 5.74) is 5.26. The van der Waals surface area contributed by atoms with Gasteiger partial charge in [0, 0.05) is 17.0 Å². The van der Waals surface area contributed by atoms with Crippen LogP contribution >= 0.6 is 11.8 Å². The summed E-state index contributed by atoms with van der Waals surface area (Å²) < 4.78 is 5.59. The molecule has 3 heteroatoms. The van der Waals surface area contributed by atoms with E-state index in [1.54, 1.807) is 0 Å².